The summed E-state index contributed by atoms with van der Waals surface area (Å²) in [4.78, 5) is 0. The molecule has 0 N–H and O–H groups in total. The van der Waals surface area contributed by atoms with E-state index in [1.165, 1.54) is 44.9 Å². The Bertz CT molecular complexity index is 367. The van der Waals surface area contributed by atoms with Crippen LogP contribution in [0, 0.1) is 0 Å². The predicted molar refractivity (Wildman–Crippen MR) is 71.6 cm³/mol. The standard InChI is InChI=1S/C6H11.2C5H5.Hf.H/c1-2-4-6-5-3-1;2*1-2-4-5-3-1;;/h1H,2-6H2;2*1-3H,4H2;;/q;;;;-1. The molecule has 0 aliphatic heterocycles. The molecule has 0 aromatic carbocycles. The van der Waals surface area contributed by atoms with Crippen molar-refractivity contribution in [2.24, 2.45) is 0 Å². The largest absolute Gasteiger partial charge is 1.00 e. The summed E-state index contributed by atoms with van der Waals surface area (Å²) >= 11 is -1.66. The van der Waals surface area contributed by atoms with Gasteiger partial charge in [-0.2, -0.15) is 0 Å². The van der Waals surface area contributed by atoms with Gasteiger partial charge >= 0.3 is 113 Å². The molecule has 0 bridgehead atoms. The summed E-state index contributed by atoms with van der Waals surface area (Å²) in [5.74, 6) is 0. The van der Waals surface area contributed by atoms with E-state index in [-0.39, 0.29) is 1.43 Å². The second-order valence-corrected chi connectivity index (χ2v) is 15.9. The number of hydrogen-bond acceptors (Lipinski definition) is 0. The van der Waals surface area contributed by atoms with Gasteiger partial charge in [0.05, 0.1) is 0 Å². The summed E-state index contributed by atoms with van der Waals surface area (Å²) in [5.41, 5.74) is 0. The van der Waals surface area contributed by atoms with Crippen LogP contribution in [0.1, 0.15) is 46.4 Å². The molecule has 0 atom stereocenters. The molecule has 17 heavy (non-hydrogen) atoms. The Morgan fingerprint density at radius 2 is 1.47 bits per heavy atom. The van der Waals surface area contributed by atoms with Crippen molar-refractivity contribution in [1.82, 2.24) is 0 Å². The molecule has 0 nitrogen and oxygen atoms in total. The van der Waals surface area contributed by atoms with Crippen LogP contribution in [0.2, 0.25) is 3.67 Å². The first-order valence-corrected chi connectivity index (χ1v) is 12.7. The summed E-state index contributed by atoms with van der Waals surface area (Å²) < 4.78 is 4.90. The zero-order valence-corrected chi connectivity index (χ0v) is 14.1. The van der Waals surface area contributed by atoms with Crippen molar-refractivity contribution >= 4 is 0 Å². The normalized spacial score (nSPS) is 24.0. The van der Waals surface area contributed by atoms with Crippen LogP contribution in [-0.2, 0) is 21.4 Å². The third-order valence-corrected chi connectivity index (χ3v) is 16.9. The minimum atomic E-state index is -1.66. The van der Waals surface area contributed by atoms with Crippen molar-refractivity contribution in [3.63, 3.8) is 0 Å². The Morgan fingerprint density at radius 1 is 0.882 bits per heavy atom. The van der Waals surface area contributed by atoms with Crippen molar-refractivity contribution in [1.29, 1.82) is 0 Å². The molecule has 0 heterocycles. The maximum Gasteiger partial charge on any atom is -1.00 e. The van der Waals surface area contributed by atoms with E-state index in [4.69, 9.17) is 0 Å². The predicted octanol–water partition coefficient (Wildman–Crippen LogP) is 5.16. The number of rotatable bonds is 3. The van der Waals surface area contributed by atoms with Gasteiger partial charge in [-0.1, -0.05) is 0 Å². The molecule has 1 heteroatoms. The van der Waals surface area contributed by atoms with Gasteiger partial charge in [0.25, 0.3) is 0 Å². The average Bonchev–Trinajstić information content (AvgIpc) is 3.04. The maximum absolute atomic E-state index is 2.47. The average molecular weight is 393 g/mol. The molecule has 0 saturated heterocycles. The van der Waals surface area contributed by atoms with E-state index < -0.39 is 21.4 Å². The van der Waals surface area contributed by atoms with Crippen LogP contribution in [0.5, 0.6) is 0 Å². The van der Waals surface area contributed by atoms with E-state index in [9.17, 15) is 0 Å². The van der Waals surface area contributed by atoms with E-state index in [0.29, 0.717) is 0 Å². The molecule has 0 unspecified atom stereocenters. The first-order chi connectivity index (χ1) is 8.45. The molecule has 0 radical (unpaired) electrons. The smallest absolute Gasteiger partial charge is 1.00 e. The Kier molecular flexibility index (Phi) is 3.95. The first kappa shape index (κ1) is 11.9. The van der Waals surface area contributed by atoms with Crippen LogP contribution in [0.15, 0.2) is 43.1 Å². The molecule has 0 aromatic heterocycles. The van der Waals surface area contributed by atoms with Gasteiger partial charge < -0.3 is 1.43 Å². The molecule has 1 saturated carbocycles. The Labute approximate surface area is 114 Å². The summed E-state index contributed by atoms with van der Waals surface area (Å²) in [6.07, 6.45) is 24.4. The van der Waals surface area contributed by atoms with E-state index in [2.05, 4.69) is 36.5 Å². The zero-order valence-electron chi connectivity index (χ0n) is 11.5. The summed E-state index contributed by atoms with van der Waals surface area (Å²) in [7, 11) is 0. The van der Waals surface area contributed by atoms with Crippen LogP contribution in [0.4, 0.5) is 0 Å². The van der Waals surface area contributed by atoms with Crippen molar-refractivity contribution in [3.05, 3.63) is 43.1 Å². The van der Waals surface area contributed by atoms with E-state index in [1.807, 2.05) is 6.66 Å². The molecule has 0 amide bonds. The third-order valence-electron chi connectivity index (χ3n) is 4.25. The van der Waals surface area contributed by atoms with Crippen LogP contribution in [0.25, 0.3) is 0 Å². The van der Waals surface area contributed by atoms with Crippen molar-refractivity contribution in [2.45, 2.75) is 48.6 Å². The first-order valence-electron chi connectivity index (χ1n) is 7.04. The minimum absolute atomic E-state index is 0. The topological polar surface area (TPSA) is 0 Å². The second kappa shape index (κ2) is 5.65. The minimum Gasteiger partial charge on any atom is -1.00 e. The zero-order chi connectivity index (χ0) is 11.5. The van der Waals surface area contributed by atoms with Gasteiger partial charge in [0.1, 0.15) is 0 Å². The quantitative estimate of drug-likeness (QED) is 0.582. The molecule has 3 rings (SSSR count). The molecule has 1 fully saturated rings. The van der Waals surface area contributed by atoms with Crippen LogP contribution >= 0.6 is 0 Å². The fourth-order valence-corrected chi connectivity index (χ4v) is 16.6. The van der Waals surface area contributed by atoms with Crippen LogP contribution < -0.4 is 0 Å². The van der Waals surface area contributed by atoms with Gasteiger partial charge in [0.2, 0.25) is 0 Å². The monoisotopic (exact) mass is 394 g/mol. The third kappa shape index (κ3) is 2.65. The SMILES string of the molecule is C1=CC[C]([Hf]([C]2=CC=CC2)[CH]2CCCCC2)=C1.[H-]. The van der Waals surface area contributed by atoms with E-state index in [0.717, 1.165) is 3.67 Å². The van der Waals surface area contributed by atoms with Gasteiger partial charge in [0, 0.05) is 0 Å². The molecule has 3 aliphatic rings. The maximum atomic E-state index is 2.47. The summed E-state index contributed by atoms with van der Waals surface area (Å²) in [5, 5.41) is 0. The Balaban J connectivity index is 0.00000120. The van der Waals surface area contributed by atoms with Crippen LogP contribution in [-0.4, -0.2) is 0 Å². The van der Waals surface area contributed by atoms with Crippen LogP contribution in [0.3, 0.4) is 0 Å². The molecule has 0 spiro atoms. The van der Waals surface area contributed by atoms with Crippen molar-refractivity contribution in [2.75, 3.05) is 0 Å². The molecule has 3 aliphatic carbocycles. The molecular formula is C16H22Hf-. The molecule has 91 valence electrons. The van der Waals surface area contributed by atoms with E-state index in [1.54, 1.807) is 0 Å². The van der Waals surface area contributed by atoms with Gasteiger partial charge in [-0.25, -0.2) is 0 Å². The fourth-order valence-electron chi connectivity index (χ4n) is 3.42. The van der Waals surface area contributed by atoms with Gasteiger partial charge in [0.15, 0.2) is 0 Å². The summed E-state index contributed by atoms with van der Waals surface area (Å²) in [6, 6.07) is 0. The van der Waals surface area contributed by atoms with Gasteiger partial charge in [-0.15, -0.1) is 0 Å². The Hall–Kier alpha value is -0.170. The summed E-state index contributed by atoms with van der Waals surface area (Å²) in [6.45, 7) is 0. The van der Waals surface area contributed by atoms with Crippen molar-refractivity contribution < 1.29 is 22.9 Å². The molecular weight excluding hydrogens is 371 g/mol. The Morgan fingerprint density at radius 3 is 1.94 bits per heavy atom. The van der Waals surface area contributed by atoms with Gasteiger partial charge in [-0.3, -0.25) is 0 Å². The second-order valence-electron chi connectivity index (χ2n) is 5.40. The van der Waals surface area contributed by atoms with Crippen molar-refractivity contribution in [3.8, 4) is 0 Å². The number of allylic oxidation sites excluding steroid dienone is 8. The number of hydrogen-bond donors (Lipinski definition) is 0. The fraction of sp³-hybridized carbons (Fsp3) is 0.500. The molecule has 0 aromatic rings. The van der Waals surface area contributed by atoms with Gasteiger partial charge in [-0.05, 0) is 0 Å². The van der Waals surface area contributed by atoms with E-state index >= 15 is 0 Å².